The molecule has 10 rings (SSSR count). The van der Waals surface area contributed by atoms with Crippen molar-refractivity contribution in [2.45, 2.75) is 69.7 Å². The van der Waals surface area contributed by atoms with E-state index in [0.717, 1.165) is 44.1 Å². The van der Waals surface area contributed by atoms with Gasteiger partial charge in [0.15, 0.2) is 0 Å². The Hall–Kier alpha value is -5.20. The fraction of sp³-hybridized carbons (Fsp3) is 0.240. The number of aromatic nitrogens is 1. The molecule has 0 bridgehead atoms. The molecule has 4 aromatic carbocycles. The molecule has 4 aliphatic rings. The molecule has 274 valence electrons. The molecule has 2 heterocycles. The van der Waals surface area contributed by atoms with Gasteiger partial charge in [0.2, 0.25) is 0 Å². The summed E-state index contributed by atoms with van der Waals surface area (Å²) in [6.07, 6.45) is 32.4. The number of hydrogen-bond acceptors (Lipinski definition) is 2. The van der Waals surface area contributed by atoms with Gasteiger partial charge in [-0.25, -0.2) is 6.17 Å². The molecule has 0 fully saturated rings. The second-order valence-electron chi connectivity index (χ2n) is 15.5. The highest BCUT2D eigenvalue weighted by atomic mass is 32.1. The van der Waals surface area contributed by atoms with Crippen molar-refractivity contribution >= 4 is 59.3 Å². The zero-order valence-corrected chi connectivity index (χ0v) is 32.1. The SMILES string of the molecule is C[C@H](C([N-]C([NH-])C1C=CC=CC1)c1ccccc1)n1c2c(c3c4ccc5sc6ccccc6c5c4ccc31)C=C(N(C1=CC=CCC1)C1C=CC=CC1)CC2. The average Bonchev–Trinajstić information content (AvgIpc) is 3.80. The molecule has 55 heavy (non-hydrogen) atoms. The van der Waals surface area contributed by atoms with Gasteiger partial charge >= 0.3 is 0 Å². The lowest BCUT2D eigenvalue weighted by Crippen LogP contribution is -2.34. The van der Waals surface area contributed by atoms with E-state index in [-0.39, 0.29) is 18.0 Å². The van der Waals surface area contributed by atoms with E-state index in [1.807, 2.05) is 11.3 Å². The van der Waals surface area contributed by atoms with E-state index in [2.05, 4.69) is 168 Å². The Morgan fingerprint density at radius 2 is 1.53 bits per heavy atom. The first-order valence-electron chi connectivity index (χ1n) is 20.0. The molecule has 0 spiro atoms. The minimum Gasteiger partial charge on any atom is -0.692 e. The first-order valence-corrected chi connectivity index (χ1v) is 20.8. The Bertz CT molecular complexity index is 2640. The molecule has 2 aromatic heterocycles. The third-order valence-corrected chi connectivity index (χ3v) is 13.4. The normalized spacial score (nSPS) is 20.9. The number of thiophene rings is 1. The zero-order chi connectivity index (χ0) is 36.9. The summed E-state index contributed by atoms with van der Waals surface area (Å²) < 4.78 is 5.29. The summed E-state index contributed by atoms with van der Waals surface area (Å²) in [7, 11) is 0. The summed E-state index contributed by atoms with van der Waals surface area (Å²) in [5.41, 5.74) is 17.3. The van der Waals surface area contributed by atoms with Crippen LogP contribution in [0.2, 0.25) is 0 Å². The summed E-state index contributed by atoms with van der Waals surface area (Å²) in [6.45, 7) is 2.34. The van der Waals surface area contributed by atoms with Crippen molar-refractivity contribution in [3.8, 4) is 0 Å². The van der Waals surface area contributed by atoms with Crippen molar-refractivity contribution in [3.63, 3.8) is 0 Å². The summed E-state index contributed by atoms with van der Waals surface area (Å²) in [5.74, 6) is 0.0783. The minimum atomic E-state index is -0.553. The number of benzene rings is 4. The Balaban J connectivity index is 1.19. The van der Waals surface area contributed by atoms with Crippen LogP contribution in [0.25, 0.3) is 59.0 Å². The smallest absolute Gasteiger partial charge is 0.0553 e. The largest absolute Gasteiger partial charge is 0.692 e. The third kappa shape index (κ3) is 6.06. The van der Waals surface area contributed by atoms with Gasteiger partial charge in [-0.1, -0.05) is 139 Å². The first kappa shape index (κ1) is 34.3. The highest BCUT2D eigenvalue weighted by Crippen LogP contribution is 2.48. The van der Waals surface area contributed by atoms with E-state index in [0.29, 0.717) is 6.04 Å². The van der Waals surface area contributed by atoms with E-state index in [1.54, 1.807) is 0 Å². The van der Waals surface area contributed by atoms with Crippen LogP contribution < -0.4 is 0 Å². The van der Waals surface area contributed by atoms with Crippen molar-refractivity contribution in [1.82, 2.24) is 9.47 Å². The molecular weight excluding hydrogens is 689 g/mol. The van der Waals surface area contributed by atoms with Crippen LogP contribution >= 0.6 is 11.3 Å². The number of hydrogen-bond donors (Lipinski definition) is 0. The van der Waals surface area contributed by atoms with Crippen molar-refractivity contribution in [1.29, 1.82) is 0 Å². The fourth-order valence-corrected chi connectivity index (χ4v) is 10.8. The number of nitrogens with one attached hydrogen (secondary N) is 1. The summed E-state index contributed by atoms with van der Waals surface area (Å²) in [4.78, 5) is 2.66. The highest BCUT2D eigenvalue weighted by molar-refractivity contribution is 7.26. The first-order chi connectivity index (χ1) is 27.1. The molecular formula is C50H46N4S-2. The molecule has 1 N–H and O–H groups in total. The van der Waals surface area contributed by atoms with Crippen molar-refractivity contribution < 1.29 is 0 Å². The monoisotopic (exact) mass is 734 g/mol. The topological polar surface area (TPSA) is 46.1 Å². The lowest BCUT2D eigenvalue weighted by Gasteiger charge is -2.50. The molecule has 6 aromatic rings. The maximum absolute atomic E-state index is 9.32. The Labute approximate surface area is 328 Å². The van der Waals surface area contributed by atoms with Crippen LogP contribution in [0.1, 0.15) is 67.9 Å². The molecule has 0 amide bonds. The molecule has 4 unspecified atom stereocenters. The van der Waals surface area contributed by atoms with Gasteiger partial charge in [0.05, 0.1) is 6.04 Å². The summed E-state index contributed by atoms with van der Waals surface area (Å²) in [6, 6.07) is 29.2. The molecule has 0 aliphatic heterocycles. The van der Waals surface area contributed by atoms with Gasteiger partial charge < -0.3 is 20.5 Å². The van der Waals surface area contributed by atoms with Gasteiger partial charge in [0, 0.05) is 59.8 Å². The van der Waals surface area contributed by atoms with Gasteiger partial charge in [-0.05, 0) is 86.6 Å². The second-order valence-corrected chi connectivity index (χ2v) is 16.6. The van der Waals surface area contributed by atoms with Crippen LogP contribution in [0.3, 0.4) is 0 Å². The molecule has 0 saturated carbocycles. The Morgan fingerprint density at radius 1 is 0.727 bits per heavy atom. The number of fused-ring (bicyclic) bond motifs is 9. The molecule has 0 saturated heterocycles. The minimum absolute atomic E-state index is 0.00331. The maximum atomic E-state index is 9.32. The highest BCUT2D eigenvalue weighted by Gasteiger charge is 2.30. The van der Waals surface area contributed by atoms with Crippen molar-refractivity contribution in [3.05, 3.63) is 185 Å². The number of allylic oxidation sites excluding steroid dienone is 10. The van der Waals surface area contributed by atoms with Gasteiger partial charge in [-0.15, -0.1) is 11.3 Å². The predicted octanol–water partition coefficient (Wildman–Crippen LogP) is 14.1. The predicted molar refractivity (Wildman–Crippen MR) is 235 cm³/mol. The molecule has 4 aliphatic carbocycles. The van der Waals surface area contributed by atoms with E-state index in [4.69, 9.17) is 5.32 Å². The molecule has 0 radical (unpaired) electrons. The summed E-state index contributed by atoms with van der Waals surface area (Å²) >= 11 is 1.89. The lowest BCUT2D eigenvalue weighted by molar-refractivity contribution is 0.337. The summed E-state index contributed by atoms with van der Waals surface area (Å²) in [5, 5.41) is 12.0. The van der Waals surface area contributed by atoms with Crippen LogP contribution in [0.4, 0.5) is 0 Å². The zero-order valence-electron chi connectivity index (χ0n) is 31.3. The fourth-order valence-electron chi connectivity index (χ4n) is 9.63. The third-order valence-electron chi connectivity index (χ3n) is 12.2. The average molecular weight is 735 g/mol. The number of rotatable bonds is 9. The maximum Gasteiger partial charge on any atom is 0.0553 e. The molecule has 5 atom stereocenters. The number of nitrogens with zero attached hydrogens (tertiary/aromatic N) is 3. The van der Waals surface area contributed by atoms with Gasteiger partial charge in [0.1, 0.15) is 0 Å². The van der Waals surface area contributed by atoms with E-state index >= 15 is 0 Å². The van der Waals surface area contributed by atoms with Gasteiger partial charge in [-0.3, -0.25) is 0 Å². The Morgan fingerprint density at radius 3 is 2.33 bits per heavy atom. The van der Waals surface area contributed by atoms with Crippen LogP contribution in [0.5, 0.6) is 0 Å². The van der Waals surface area contributed by atoms with E-state index < -0.39 is 6.17 Å². The lowest BCUT2D eigenvalue weighted by atomic mass is 9.92. The Kier molecular flexibility index (Phi) is 9.02. The van der Waals surface area contributed by atoms with Crippen molar-refractivity contribution in [2.24, 2.45) is 5.92 Å². The van der Waals surface area contributed by atoms with Crippen molar-refractivity contribution in [2.75, 3.05) is 0 Å². The van der Waals surface area contributed by atoms with Gasteiger partial charge in [0.25, 0.3) is 0 Å². The standard InChI is InChI=1S/C50H46N4S/c1-33(49(34-16-6-2-7-17-34)52-50(51)35-18-8-3-9-19-35)53-43-29-26-38(54(36-20-10-4-11-21-36)37-22-12-5-13-23-37)32-42(43)47-39-28-31-46-48(40(39)27-30-44(47)53)41-24-14-15-25-45(41)55-46/h2-12,14-18,20,22,24-25,27-28,30-33,35-36,49-51H,13,19,21,23,26,29H2,1H3/q-2/t33-,35?,36?,49?,50?/m1/s1. The van der Waals surface area contributed by atoms with Crippen LogP contribution in [-0.2, 0) is 6.42 Å². The van der Waals surface area contributed by atoms with Gasteiger partial charge in [-0.2, -0.15) is 0 Å². The second kappa shape index (κ2) is 14.5. The van der Waals surface area contributed by atoms with E-state index in [1.165, 1.54) is 64.5 Å². The quantitative estimate of drug-likeness (QED) is 0.146. The van der Waals surface area contributed by atoms with Crippen LogP contribution in [0, 0.1) is 5.92 Å². The molecule has 5 heteroatoms. The van der Waals surface area contributed by atoms with Crippen LogP contribution in [-0.4, -0.2) is 21.7 Å². The van der Waals surface area contributed by atoms with Crippen LogP contribution in [0.15, 0.2) is 157 Å². The molecule has 4 nitrogen and oxygen atoms in total. The van der Waals surface area contributed by atoms with E-state index in [9.17, 15) is 5.73 Å².